The minimum Gasteiger partial charge on any atom is -0.860 e. The average Bonchev–Trinajstić information content (AvgIpc) is 2.51. The third-order valence-corrected chi connectivity index (χ3v) is 4.30. The molecule has 0 fully saturated rings. The summed E-state index contributed by atoms with van der Waals surface area (Å²) in [6, 6.07) is 6.94. The first kappa shape index (κ1) is 21.5. The van der Waals surface area contributed by atoms with Gasteiger partial charge in [0.2, 0.25) is 0 Å². The molecule has 0 spiro atoms. The van der Waals surface area contributed by atoms with Crippen molar-refractivity contribution >= 4 is 41.5 Å². The smallest absolute Gasteiger partial charge is 0.119 e. The second-order valence-electron chi connectivity index (χ2n) is 5.03. The van der Waals surface area contributed by atoms with E-state index < -0.39 is 0 Å². The van der Waals surface area contributed by atoms with E-state index in [9.17, 15) is 5.11 Å². The van der Waals surface area contributed by atoms with E-state index in [2.05, 4.69) is 25.8 Å². The zero-order valence-electron chi connectivity index (χ0n) is 13.5. The number of benzene rings is 1. The molecule has 0 aromatic heterocycles. The number of quaternary nitrogens is 1. The van der Waals surface area contributed by atoms with E-state index in [0.29, 0.717) is 17.3 Å². The lowest BCUT2D eigenvalue weighted by Gasteiger charge is -2.35. The third kappa shape index (κ3) is 7.15. The normalized spacial score (nSPS) is 11.9. The van der Waals surface area contributed by atoms with Crippen molar-refractivity contribution in [1.29, 1.82) is 0 Å². The number of ether oxygens (including phenoxy) is 1. The molecule has 0 radical (unpaired) electrons. The summed E-state index contributed by atoms with van der Waals surface area (Å²) in [6.07, 6.45) is 0. The van der Waals surface area contributed by atoms with Gasteiger partial charge in [-0.3, -0.25) is 4.99 Å². The maximum absolute atomic E-state index is 11.7. The van der Waals surface area contributed by atoms with Crippen LogP contribution in [0.3, 0.4) is 0 Å². The molecule has 0 amide bonds. The van der Waals surface area contributed by atoms with Crippen LogP contribution in [0.25, 0.3) is 0 Å². The lowest BCUT2D eigenvalue weighted by Crippen LogP contribution is -2.49. The maximum atomic E-state index is 11.7. The molecule has 1 aromatic rings. The molecule has 0 atom stereocenters. The quantitative estimate of drug-likeness (QED) is 0.256. The molecule has 0 saturated carbocycles. The molecule has 126 valence electrons. The molecule has 0 heterocycles. The minimum absolute atomic E-state index is 0. The molecule has 1 aromatic carbocycles. The van der Waals surface area contributed by atoms with E-state index in [1.165, 1.54) is 0 Å². The first-order valence-electron chi connectivity index (χ1n) is 7.49. The number of aliphatic imine (C=N–C) groups is 1. The van der Waals surface area contributed by atoms with Gasteiger partial charge in [-0.15, -0.1) is 24.0 Å². The fourth-order valence-corrected chi connectivity index (χ4v) is 2.38. The Morgan fingerprint density at radius 2 is 1.68 bits per heavy atom. The van der Waals surface area contributed by atoms with Crippen molar-refractivity contribution in [3.05, 3.63) is 29.3 Å². The number of nitrogens with zero attached hydrogens (tertiary/aromatic N) is 2. The molecule has 4 nitrogen and oxygen atoms in total. The molecule has 0 aliphatic heterocycles. The highest BCUT2D eigenvalue weighted by Gasteiger charge is 2.19. The molecule has 1 rings (SSSR count). The van der Waals surface area contributed by atoms with Gasteiger partial charge in [0, 0.05) is 5.02 Å². The van der Waals surface area contributed by atoms with Crippen LogP contribution in [-0.2, 0) is 0 Å². The van der Waals surface area contributed by atoms with Crippen LogP contribution in [-0.4, -0.2) is 49.7 Å². The van der Waals surface area contributed by atoms with Crippen LogP contribution in [0, 0.1) is 0 Å². The second kappa shape index (κ2) is 11.1. The number of likely N-dealkylation sites (N-methyl/N-ethyl adjacent to an activating group) is 1. The lowest BCUT2D eigenvalue weighted by atomic mass is 10.3. The van der Waals surface area contributed by atoms with Crippen LogP contribution >= 0.6 is 35.6 Å². The first-order valence-corrected chi connectivity index (χ1v) is 7.86. The zero-order chi connectivity index (χ0) is 15.7. The number of rotatable bonds is 9. The Kier molecular flexibility index (Phi) is 10.8. The Bertz CT molecular complexity index is 440. The van der Waals surface area contributed by atoms with Crippen LogP contribution < -0.4 is 9.84 Å². The van der Waals surface area contributed by atoms with Gasteiger partial charge in [-0.05, 0) is 50.9 Å². The van der Waals surface area contributed by atoms with Gasteiger partial charge in [-0.1, -0.05) is 11.6 Å². The molecule has 6 heteroatoms. The Morgan fingerprint density at radius 3 is 2.18 bits per heavy atom. The predicted octanol–water partition coefficient (Wildman–Crippen LogP) is 2.97. The van der Waals surface area contributed by atoms with E-state index in [1.807, 2.05) is 0 Å². The van der Waals surface area contributed by atoms with E-state index in [4.69, 9.17) is 16.3 Å². The number of hydrogen-bond donors (Lipinski definition) is 0. The maximum Gasteiger partial charge on any atom is 0.119 e. The lowest BCUT2D eigenvalue weighted by molar-refractivity contribution is -0.921. The number of hydrogen-bond acceptors (Lipinski definition) is 3. The molecular formula is C16H26ClIN2O2. The highest BCUT2D eigenvalue weighted by atomic mass is 127. The zero-order valence-corrected chi connectivity index (χ0v) is 16.6. The fourth-order valence-electron chi connectivity index (χ4n) is 2.25. The van der Waals surface area contributed by atoms with Crippen molar-refractivity contribution in [2.45, 2.75) is 20.8 Å². The van der Waals surface area contributed by atoms with E-state index in [1.54, 1.807) is 24.3 Å². The largest absolute Gasteiger partial charge is 0.860 e. The van der Waals surface area contributed by atoms with E-state index in [0.717, 1.165) is 30.7 Å². The average molecular weight is 441 g/mol. The van der Waals surface area contributed by atoms with Crippen molar-refractivity contribution in [2.75, 3.05) is 39.3 Å². The Balaban J connectivity index is 0.00000441. The summed E-state index contributed by atoms with van der Waals surface area (Å²) in [4.78, 5) is 4.08. The molecular weight excluding hydrogens is 415 g/mol. The first-order chi connectivity index (χ1) is 10.0. The van der Waals surface area contributed by atoms with Crippen molar-refractivity contribution < 1.29 is 14.3 Å². The van der Waals surface area contributed by atoms with E-state index >= 15 is 0 Å². The Hall–Kier alpha value is -0.530. The molecule has 0 N–H and O–H groups in total. The summed E-state index contributed by atoms with van der Waals surface area (Å²) < 4.78 is 6.37. The highest BCUT2D eigenvalue weighted by Crippen LogP contribution is 2.15. The third-order valence-electron chi connectivity index (χ3n) is 4.05. The fraction of sp³-hybridized carbons (Fsp3) is 0.562. The van der Waals surface area contributed by atoms with Crippen LogP contribution in [0.5, 0.6) is 5.75 Å². The van der Waals surface area contributed by atoms with Gasteiger partial charge < -0.3 is 14.3 Å². The van der Waals surface area contributed by atoms with Crippen LogP contribution in [0.1, 0.15) is 20.8 Å². The van der Waals surface area contributed by atoms with Gasteiger partial charge in [-0.2, -0.15) is 0 Å². The summed E-state index contributed by atoms with van der Waals surface area (Å²) >= 11 is 5.78. The van der Waals surface area contributed by atoms with Crippen molar-refractivity contribution in [3.8, 4) is 5.75 Å². The predicted molar refractivity (Wildman–Crippen MR) is 101 cm³/mol. The summed E-state index contributed by atoms with van der Waals surface area (Å²) in [5.41, 5.74) is 0. The topological polar surface area (TPSA) is 44.7 Å². The van der Waals surface area contributed by atoms with Gasteiger partial charge in [0.05, 0.1) is 32.7 Å². The Morgan fingerprint density at radius 1 is 1.14 bits per heavy atom. The van der Waals surface area contributed by atoms with Crippen LogP contribution in [0.2, 0.25) is 5.02 Å². The van der Waals surface area contributed by atoms with Crippen molar-refractivity contribution in [2.24, 2.45) is 4.99 Å². The molecule has 0 unspecified atom stereocenters. The van der Waals surface area contributed by atoms with Gasteiger partial charge in [0.1, 0.15) is 12.4 Å². The van der Waals surface area contributed by atoms with Gasteiger partial charge in [0.15, 0.2) is 0 Å². The van der Waals surface area contributed by atoms with Crippen LogP contribution in [0.4, 0.5) is 0 Å². The molecule has 0 bridgehead atoms. The Labute approximate surface area is 155 Å². The summed E-state index contributed by atoms with van der Waals surface area (Å²) in [6.45, 7) is 11.2. The summed E-state index contributed by atoms with van der Waals surface area (Å²) in [7, 11) is 0. The molecule has 0 saturated heterocycles. The minimum atomic E-state index is -0.216. The van der Waals surface area contributed by atoms with Gasteiger partial charge in [-0.25, -0.2) is 0 Å². The van der Waals surface area contributed by atoms with Crippen molar-refractivity contribution in [3.63, 3.8) is 0 Å². The molecule has 0 aliphatic rings. The van der Waals surface area contributed by atoms with Crippen LogP contribution in [0.15, 0.2) is 29.3 Å². The molecule has 22 heavy (non-hydrogen) atoms. The SMILES string of the molecule is CC[N+](CC)(CC)CCN=C([O-])COc1ccc(Cl)cc1.I. The second-order valence-corrected chi connectivity index (χ2v) is 5.47. The number of halogens is 2. The van der Waals surface area contributed by atoms with Crippen molar-refractivity contribution in [1.82, 2.24) is 0 Å². The van der Waals surface area contributed by atoms with E-state index in [-0.39, 0.29) is 36.5 Å². The summed E-state index contributed by atoms with van der Waals surface area (Å²) in [5, 5.41) is 12.4. The highest BCUT2D eigenvalue weighted by molar-refractivity contribution is 14.0. The van der Waals surface area contributed by atoms with Gasteiger partial charge >= 0.3 is 0 Å². The molecule has 0 aliphatic carbocycles. The summed E-state index contributed by atoms with van der Waals surface area (Å²) in [5.74, 6) is 0.412. The standard InChI is InChI=1S/C16H25ClN2O2.HI/c1-4-19(5-2,6-3)12-11-18-16(20)13-21-15-9-7-14(17)8-10-15;/h7-10H,4-6,11-13H2,1-3H3;1H. The van der Waals surface area contributed by atoms with Gasteiger partial charge in [0.25, 0.3) is 0 Å². The monoisotopic (exact) mass is 440 g/mol.